The zero-order valence-corrected chi connectivity index (χ0v) is 17.3. The van der Waals surface area contributed by atoms with Crippen LogP contribution >= 0.6 is 11.9 Å². The van der Waals surface area contributed by atoms with Crippen LogP contribution in [-0.2, 0) is 0 Å². The summed E-state index contributed by atoms with van der Waals surface area (Å²) in [5, 5.41) is 10.8. The number of fused-ring (bicyclic) bond motifs is 1. The molecule has 4 nitrogen and oxygen atoms in total. The average Bonchev–Trinajstić information content (AvgIpc) is 3.59. The molecule has 0 spiro atoms. The summed E-state index contributed by atoms with van der Waals surface area (Å²) in [6.07, 6.45) is 17.3. The summed E-state index contributed by atoms with van der Waals surface area (Å²) in [6.45, 7) is 3.84. The summed E-state index contributed by atoms with van der Waals surface area (Å²) in [5.41, 5.74) is 3.85. The molecule has 0 unspecified atom stereocenters. The summed E-state index contributed by atoms with van der Waals surface area (Å²) in [6, 6.07) is 8.04. The van der Waals surface area contributed by atoms with Gasteiger partial charge in [0.2, 0.25) is 0 Å². The Kier molecular flexibility index (Phi) is 7.46. The lowest BCUT2D eigenvalue weighted by Crippen LogP contribution is -1.89. The van der Waals surface area contributed by atoms with Crippen molar-refractivity contribution in [3.8, 4) is 11.1 Å². The Bertz CT molecular complexity index is 939. The summed E-state index contributed by atoms with van der Waals surface area (Å²) in [5.74, 6) is 0.806. The molecule has 2 N–H and O–H groups in total. The molecule has 1 fully saturated rings. The third kappa shape index (κ3) is 5.57. The third-order valence-electron chi connectivity index (χ3n) is 4.37. The molecule has 2 heterocycles. The van der Waals surface area contributed by atoms with E-state index in [-0.39, 0.29) is 0 Å². The first kappa shape index (κ1) is 20.4. The standard InChI is InChI=1S/C14H13N3OS.C6H8.C3H6/c1-8-14(9(2)18-17-8)10-6-12-11(4-3-5-16-12)13(7-10)19-15;1-2-4-6-5-3-1;1-2-3-1/h3-7H,15H2,1-2H3;1-4H,5-6H2;1-3H2. The molecule has 1 saturated carbocycles. The van der Waals surface area contributed by atoms with Crippen molar-refractivity contribution in [1.29, 1.82) is 0 Å². The Hall–Kier alpha value is -2.37. The molecule has 2 aromatic heterocycles. The first-order valence-electron chi connectivity index (χ1n) is 9.71. The molecule has 5 heteroatoms. The van der Waals surface area contributed by atoms with Crippen molar-refractivity contribution < 1.29 is 4.52 Å². The monoisotopic (exact) mass is 393 g/mol. The van der Waals surface area contributed by atoms with E-state index >= 15 is 0 Å². The molecular formula is C23H27N3OS. The van der Waals surface area contributed by atoms with E-state index in [1.165, 1.54) is 44.1 Å². The van der Waals surface area contributed by atoms with Crippen LogP contribution in [0.1, 0.15) is 43.6 Å². The highest BCUT2D eigenvalue weighted by atomic mass is 32.2. The maximum absolute atomic E-state index is 5.76. The van der Waals surface area contributed by atoms with Gasteiger partial charge in [-0.1, -0.05) is 54.8 Å². The topological polar surface area (TPSA) is 64.9 Å². The minimum absolute atomic E-state index is 0.806. The first-order chi connectivity index (χ1) is 13.7. The second-order valence-corrected chi connectivity index (χ2v) is 7.53. The van der Waals surface area contributed by atoms with E-state index in [1.807, 2.05) is 32.0 Å². The van der Waals surface area contributed by atoms with Crippen molar-refractivity contribution in [2.75, 3.05) is 0 Å². The highest BCUT2D eigenvalue weighted by molar-refractivity contribution is 7.97. The van der Waals surface area contributed by atoms with Gasteiger partial charge in [0.15, 0.2) is 0 Å². The van der Waals surface area contributed by atoms with Crippen LogP contribution < -0.4 is 5.14 Å². The maximum Gasteiger partial charge on any atom is 0.141 e. The molecule has 28 heavy (non-hydrogen) atoms. The summed E-state index contributed by atoms with van der Waals surface area (Å²) in [4.78, 5) is 5.40. The fraction of sp³-hybridized carbons (Fsp3) is 0.304. The number of hydrogen-bond donors (Lipinski definition) is 1. The smallest absolute Gasteiger partial charge is 0.141 e. The molecule has 3 aromatic rings. The Morgan fingerprint density at radius 3 is 2.25 bits per heavy atom. The van der Waals surface area contributed by atoms with Crippen LogP contribution in [-0.4, -0.2) is 10.1 Å². The second kappa shape index (κ2) is 10.2. The number of aromatic nitrogens is 2. The Labute approximate surface area is 171 Å². The van der Waals surface area contributed by atoms with Crippen molar-refractivity contribution in [3.05, 3.63) is 66.2 Å². The number of rotatable bonds is 2. The van der Waals surface area contributed by atoms with Crippen molar-refractivity contribution in [1.82, 2.24) is 10.1 Å². The molecule has 5 rings (SSSR count). The largest absolute Gasteiger partial charge is 0.361 e. The lowest BCUT2D eigenvalue weighted by Gasteiger charge is -2.07. The van der Waals surface area contributed by atoms with Crippen molar-refractivity contribution >= 4 is 22.9 Å². The van der Waals surface area contributed by atoms with Gasteiger partial charge in [0.25, 0.3) is 0 Å². The lowest BCUT2D eigenvalue weighted by molar-refractivity contribution is 0.393. The minimum Gasteiger partial charge on any atom is -0.361 e. The van der Waals surface area contributed by atoms with Crippen molar-refractivity contribution in [2.45, 2.75) is 50.8 Å². The van der Waals surface area contributed by atoms with Gasteiger partial charge in [0.1, 0.15) is 5.76 Å². The first-order valence-corrected chi connectivity index (χ1v) is 10.6. The van der Waals surface area contributed by atoms with Crippen LogP contribution in [0.2, 0.25) is 0 Å². The van der Waals surface area contributed by atoms with E-state index < -0.39 is 0 Å². The van der Waals surface area contributed by atoms with Gasteiger partial charge in [0, 0.05) is 22.0 Å². The van der Waals surface area contributed by atoms with E-state index in [2.05, 4.69) is 40.5 Å². The molecular weight excluding hydrogens is 366 g/mol. The number of nitrogens with zero attached hydrogens (tertiary/aromatic N) is 2. The van der Waals surface area contributed by atoms with Gasteiger partial charge >= 0.3 is 0 Å². The summed E-state index contributed by atoms with van der Waals surface area (Å²) in [7, 11) is 0. The van der Waals surface area contributed by atoms with Crippen LogP contribution in [0.4, 0.5) is 0 Å². The molecule has 146 valence electrons. The molecule has 2 aliphatic rings. The van der Waals surface area contributed by atoms with Gasteiger partial charge in [-0.05, 0) is 62.4 Å². The van der Waals surface area contributed by atoms with Crippen LogP contribution in [0.5, 0.6) is 0 Å². The van der Waals surface area contributed by atoms with Crippen LogP contribution in [0.25, 0.3) is 22.0 Å². The van der Waals surface area contributed by atoms with Gasteiger partial charge in [-0.15, -0.1) is 0 Å². The van der Waals surface area contributed by atoms with Gasteiger partial charge in [-0.25, -0.2) is 0 Å². The third-order valence-corrected chi connectivity index (χ3v) is 4.96. The van der Waals surface area contributed by atoms with Crippen LogP contribution in [0, 0.1) is 13.8 Å². The van der Waals surface area contributed by atoms with Gasteiger partial charge in [-0.2, -0.15) is 0 Å². The van der Waals surface area contributed by atoms with Gasteiger partial charge in [-0.3, -0.25) is 10.1 Å². The van der Waals surface area contributed by atoms with Gasteiger partial charge in [0.05, 0.1) is 11.2 Å². The Morgan fingerprint density at radius 2 is 1.75 bits per heavy atom. The Balaban J connectivity index is 0.000000204. The predicted octanol–water partition coefficient (Wildman–Crippen LogP) is 6.54. The normalized spacial score (nSPS) is 14.1. The highest BCUT2D eigenvalue weighted by Gasteiger charge is 2.14. The number of hydrogen-bond acceptors (Lipinski definition) is 5. The molecule has 1 aromatic carbocycles. The van der Waals surface area contributed by atoms with E-state index in [0.29, 0.717) is 0 Å². The summed E-state index contributed by atoms with van der Waals surface area (Å²) >= 11 is 1.23. The SMILES string of the molecule is C1=CCCC=C1.C1CC1.Cc1noc(C)c1-c1cc(SN)c2cccnc2c1. The molecule has 2 aliphatic carbocycles. The highest BCUT2D eigenvalue weighted by Crippen LogP contribution is 2.33. The van der Waals surface area contributed by atoms with E-state index in [4.69, 9.17) is 9.66 Å². The number of pyridine rings is 1. The molecule has 0 radical (unpaired) electrons. The molecule has 0 bridgehead atoms. The van der Waals surface area contributed by atoms with Crippen LogP contribution in [0.15, 0.2) is 64.2 Å². The van der Waals surface area contributed by atoms with E-state index in [1.54, 1.807) is 6.20 Å². The fourth-order valence-corrected chi connectivity index (χ4v) is 3.32. The number of aryl methyl sites for hydroxylation is 2. The predicted molar refractivity (Wildman–Crippen MR) is 118 cm³/mol. The second-order valence-electron chi connectivity index (χ2n) is 6.86. The van der Waals surface area contributed by atoms with Crippen molar-refractivity contribution in [3.63, 3.8) is 0 Å². The molecule has 0 atom stereocenters. The number of allylic oxidation sites excluding steroid dienone is 4. The van der Waals surface area contributed by atoms with E-state index in [0.717, 1.165) is 38.4 Å². The zero-order chi connectivity index (χ0) is 19.8. The number of nitrogens with two attached hydrogens (primary N) is 1. The molecule has 0 aliphatic heterocycles. The lowest BCUT2D eigenvalue weighted by atomic mass is 10.0. The van der Waals surface area contributed by atoms with E-state index in [9.17, 15) is 0 Å². The quantitative estimate of drug-likeness (QED) is 0.501. The zero-order valence-electron chi connectivity index (χ0n) is 16.5. The van der Waals surface area contributed by atoms with Gasteiger partial charge < -0.3 is 4.52 Å². The minimum atomic E-state index is 0.806. The van der Waals surface area contributed by atoms with Crippen molar-refractivity contribution in [2.24, 2.45) is 5.14 Å². The Morgan fingerprint density at radius 1 is 1.04 bits per heavy atom. The molecule has 0 saturated heterocycles. The fourth-order valence-electron chi connectivity index (χ4n) is 2.83. The van der Waals surface area contributed by atoms with Crippen LogP contribution in [0.3, 0.4) is 0 Å². The number of benzene rings is 1. The molecule has 0 amide bonds. The summed E-state index contributed by atoms with van der Waals surface area (Å²) < 4.78 is 5.23. The maximum atomic E-state index is 5.76. The average molecular weight is 394 g/mol.